The molecule has 0 unspecified atom stereocenters. The van der Waals surface area contributed by atoms with Crippen molar-refractivity contribution < 1.29 is 9.32 Å². The van der Waals surface area contributed by atoms with E-state index in [4.69, 9.17) is 16.1 Å². The largest absolute Gasteiger partial charge is 0.337 e. The summed E-state index contributed by atoms with van der Waals surface area (Å²) >= 11 is 6.00. The molecule has 122 valence electrons. The van der Waals surface area contributed by atoms with Crippen molar-refractivity contribution in [2.24, 2.45) is 5.41 Å². The highest BCUT2D eigenvalue weighted by Gasteiger charge is 2.38. The van der Waals surface area contributed by atoms with E-state index in [0.717, 1.165) is 24.9 Å². The van der Waals surface area contributed by atoms with Gasteiger partial charge in [0.2, 0.25) is 17.6 Å². The SMILES string of the molecule is CC(C)(C)C(=O)N1CCC[C@H]1c1nc(-c2cccc(Cl)c2)no1. The Balaban J connectivity index is 1.86. The lowest BCUT2D eigenvalue weighted by Crippen LogP contribution is -2.39. The summed E-state index contributed by atoms with van der Waals surface area (Å²) in [5.74, 6) is 1.11. The molecule has 0 radical (unpaired) electrons. The van der Waals surface area contributed by atoms with Gasteiger partial charge < -0.3 is 9.42 Å². The first-order chi connectivity index (χ1) is 10.9. The van der Waals surface area contributed by atoms with Crippen LogP contribution in [0.1, 0.15) is 45.5 Å². The van der Waals surface area contributed by atoms with Crippen LogP contribution in [0.2, 0.25) is 5.02 Å². The van der Waals surface area contributed by atoms with Crippen molar-refractivity contribution >= 4 is 17.5 Å². The van der Waals surface area contributed by atoms with E-state index in [0.29, 0.717) is 16.7 Å². The maximum absolute atomic E-state index is 12.6. The Kier molecular flexibility index (Phi) is 4.15. The normalized spacial score (nSPS) is 18.4. The highest BCUT2D eigenvalue weighted by Crippen LogP contribution is 2.35. The van der Waals surface area contributed by atoms with Gasteiger partial charge in [-0.1, -0.05) is 49.7 Å². The summed E-state index contributed by atoms with van der Waals surface area (Å²) in [5, 5.41) is 4.67. The average molecular weight is 334 g/mol. The topological polar surface area (TPSA) is 59.2 Å². The van der Waals surface area contributed by atoms with Gasteiger partial charge in [0, 0.05) is 22.5 Å². The fourth-order valence-corrected chi connectivity index (χ4v) is 3.00. The second-order valence-corrected chi connectivity index (χ2v) is 7.31. The van der Waals surface area contributed by atoms with Crippen molar-refractivity contribution in [2.45, 2.75) is 39.7 Å². The van der Waals surface area contributed by atoms with Gasteiger partial charge in [0.15, 0.2) is 0 Å². The van der Waals surface area contributed by atoms with Crippen LogP contribution in [0.15, 0.2) is 28.8 Å². The molecule has 0 N–H and O–H groups in total. The molecule has 0 bridgehead atoms. The number of hydrogen-bond donors (Lipinski definition) is 0. The van der Waals surface area contributed by atoms with Gasteiger partial charge in [0.05, 0.1) is 0 Å². The minimum absolute atomic E-state index is 0.113. The molecule has 1 saturated heterocycles. The monoisotopic (exact) mass is 333 g/mol. The number of hydrogen-bond acceptors (Lipinski definition) is 4. The highest BCUT2D eigenvalue weighted by molar-refractivity contribution is 6.30. The van der Waals surface area contributed by atoms with Gasteiger partial charge in [-0.2, -0.15) is 4.98 Å². The number of likely N-dealkylation sites (tertiary alicyclic amines) is 1. The second-order valence-electron chi connectivity index (χ2n) is 6.87. The Bertz CT molecular complexity index is 721. The molecule has 2 heterocycles. The molecule has 5 nitrogen and oxygen atoms in total. The minimum Gasteiger partial charge on any atom is -0.337 e. The van der Waals surface area contributed by atoms with Crippen molar-refractivity contribution in [3.63, 3.8) is 0 Å². The highest BCUT2D eigenvalue weighted by atomic mass is 35.5. The third kappa shape index (κ3) is 3.24. The van der Waals surface area contributed by atoms with Crippen LogP contribution in [0.5, 0.6) is 0 Å². The molecule has 1 atom stereocenters. The Morgan fingerprint density at radius 3 is 2.87 bits per heavy atom. The van der Waals surface area contributed by atoms with E-state index in [2.05, 4.69) is 10.1 Å². The van der Waals surface area contributed by atoms with Gasteiger partial charge in [-0.05, 0) is 25.0 Å². The first kappa shape index (κ1) is 16.0. The lowest BCUT2D eigenvalue weighted by Gasteiger charge is -2.29. The van der Waals surface area contributed by atoms with Crippen molar-refractivity contribution in [1.82, 2.24) is 15.0 Å². The summed E-state index contributed by atoms with van der Waals surface area (Å²) in [6.45, 7) is 6.51. The molecule has 1 aromatic heterocycles. The first-order valence-electron chi connectivity index (χ1n) is 7.77. The molecule has 0 saturated carbocycles. The molecular weight excluding hydrogens is 314 g/mol. The van der Waals surface area contributed by atoms with Gasteiger partial charge in [-0.25, -0.2) is 0 Å². The number of rotatable bonds is 2. The fraction of sp³-hybridized carbons (Fsp3) is 0.471. The summed E-state index contributed by atoms with van der Waals surface area (Å²) in [4.78, 5) is 18.9. The van der Waals surface area contributed by atoms with E-state index in [-0.39, 0.29) is 11.9 Å². The molecule has 6 heteroatoms. The molecule has 0 spiro atoms. The lowest BCUT2D eigenvalue weighted by atomic mass is 9.94. The van der Waals surface area contributed by atoms with Crippen LogP contribution >= 0.6 is 11.6 Å². The van der Waals surface area contributed by atoms with E-state index in [1.54, 1.807) is 12.1 Å². The smallest absolute Gasteiger partial charge is 0.249 e. The van der Waals surface area contributed by atoms with Crippen molar-refractivity contribution in [1.29, 1.82) is 0 Å². The average Bonchev–Trinajstić information content (AvgIpc) is 3.14. The second kappa shape index (κ2) is 5.96. The molecule has 1 aliphatic heterocycles. The number of amides is 1. The molecule has 1 fully saturated rings. The number of halogens is 1. The number of aromatic nitrogens is 2. The van der Waals surface area contributed by atoms with Gasteiger partial charge in [0.25, 0.3) is 0 Å². The third-order valence-corrected chi connectivity index (χ3v) is 4.20. The fourth-order valence-electron chi connectivity index (χ4n) is 2.81. The first-order valence-corrected chi connectivity index (χ1v) is 8.14. The summed E-state index contributed by atoms with van der Waals surface area (Å²) < 4.78 is 5.44. The Morgan fingerprint density at radius 1 is 1.39 bits per heavy atom. The zero-order valence-electron chi connectivity index (χ0n) is 13.5. The van der Waals surface area contributed by atoms with E-state index in [1.165, 1.54) is 0 Å². The summed E-state index contributed by atoms with van der Waals surface area (Å²) in [7, 11) is 0. The lowest BCUT2D eigenvalue weighted by molar-refractivity contribution is -0.140. The van der Waals surface area contributed by atoms with Crippen molar-refractivity contribution in [3.8, 4) is 11.4 Å². The van der Waals surface area contributed by atoms with Gasteiger partial charge in [0.1, 0.15) is 6.04 Å². The van der Waals surface area contributed by atoms with Gasteiger partial charge >= 0.3 is 0 Å². The van der Waals surface area contributed by atoms with Gasteiger partial charge in [-0.3, -0.25) is 4.79 Å². The molecular formula is C17H20ClN3O2. The molecule has 3 rings (SSSR count). The van der Waals surface area contributed by atoms with Crippen LogP contribution < -0.4 is 0 Å². The van der Waals surface area contributed by atoms with Crippen LogP contribution in [-0.2, 0) is 4.79 Å². The Morgan fingerprint density at radius 2 is 2.17 bits per heavy atom. The van der Waals surface area contributed by atoms with E-state index in [9.17, 15) is 4.79 Å². The number of benzene rings is 1. The van der Waals surface area contributed by atoms with Crippen molar-refractivity contribution in [2.75, 3.05) is 6.54 Å². The molecule has 1 aromatic carbocycles. The third-order valence-electron chi connectivity index (χ3n) is 3.96. The maximum Gasteiger partial charge on any atom is 0.249 e. The molecule has 2 aromatic rings. The summed E-state index contributed by atoms with van der Waals surface area (Å²) in [5.41, 5.74) is 0.387. The van der Waals surface area contributed by atoms with Crippen LogP contribution in [0.3, 0.4) is 0 Å². The van der Waals surface area contributed by atoms with Crippen molar-refractivity contribution in [3.05, 3.63) is 35.2 Å². The number of nitrogens with zero attached hydrogens (tertiary/aromatic N) is 3. The molecule has 1 amide bonds. The van der Waals surface area contributed by atoms with Crippen LogP contribution in [0.4, 0.5) is 0 Å². The van der Waals surface area contributed by atoms with Crippen LogP contribution in [-0.4, -0.2) is 27.5 Å². The van der Waals surface area contributed by atoms with Crippen LogP contribution in [0, 0.1) is 5.41 Å². The molecule has 1 aliphatic rings. The van der Waals surface area contributed by atoms with Gasteiger partial charge in [-0.15, -0.1) is 0 Å². The quantitative estimate of drug-likeness (QED) is 0.830. The zero-order chi connectivity index (χ0) is 16.6. The molecule has 23 heavy (non-hydrogen) atoms. The summed E-state index contributed by atoms with van der Waals surface area (Å²) in [6, 6.07) is 7.18. The predicted octanol–water partition coefficient (Wildman–Crippen LogP) is 4.10. The standard InChI is InChI=1S/C17H20ClN3O2/c1-17(2,3)16(22)21-9-5-8-13(21)15-19-14(20-23-15)11-6-4-7-12(18)10-11/h4,6-7,10,13H,5,8-9H2,1-3H3/t13-/m0/s1. The molecule has 0 aliphatic carbocycles. The van der Waals surface area contributed by atoms with Crippen LogP contribution in [0.25, 0.3) is 11.4 Å². The Labute approximate surface area is 140 Å². The van der Waals surface area contributed by atoms with E-state index < -0.39 is 5.41 Å². The maximum atomic E-state index is 12.6. The Hall–Kier alpha value is -1.88. The van der Waals surface area contributed by atoms with E-state index in [1.807, 2.05) is 37.8 Å². The summed E-state index contributed by atoms with van der Waals surface area (Å²) in [6.07, 6.45) is 1.79. The number of carbonyl (C=O) groups excluding carboxylic acids is 1. The van der Waals surface area contributed by atoms with E-state index >= 15 is 0 Å². The zero-order valence-corrected chi connectivity index (χ0v) is 14.3. The predicted molar refractivity (Wildman–Crippen MR) is 87.9 cm³/mol. The number of carbonyl (C=O) groups is 1. The minimum atomic E-state index is -0.418.